The molecule has 1 saturated heterocycles. The number of hydrogen-bond donors (Lipinski definition) is 2. The Morgan fingerprint density at radius 2 is 1.73 bits per heavy atom. The van der Waals surface area contributed by atoms with Crippen LogP contribution in [-0.4, -0.2) is 41.6 Å². The Morgan fingerprint density at radius 3 is 2.19 bits per heavy atom. The van der Waals surface area contributed by atoms with Gasteiger partial charge in [0, 0.05) is 25.0 Å². The van der Waals surface area contributed by atoms with E-state index in [9.17, 15) is 27.9 Å². The van der Waals surface area contributed by atoms with Crippen LogP contribution in [0.5, 0.6) is 0 Å². The van der Waals surface area contributed by atoms with E-state index in [1.807, 2.05) is 13.8 Å². The Kier molecular flexibility index (Phi) is 5.26. The third kappa shape index (κ3) is 4.28. The first-order chi connectivity index (χ1) is 11.8. The van der Waals surface area contributed by atoms with Crippen molar-refractivity contribution in [1.82, 2.24) is 10.2 Å². The molecule has 0 aromatic heterocycles. The highest BCUT2D eigenvalue weighted by atomic mass is 19.4. The van der Waals surface area contributed by atoms with Gasteiger partial charge in [-0.25, -0.2) is 4.79 Å². The lowest BCUT2D eigenvalue weighted by Crippen LogP contribution is -2.45. The molecule has 1 unspecified atom stereocenters. The van der Waals surface area contributed by atoms with Gasteiger partial charge in [-0.2, -0.15) is 13.2 Å². The van der Waals surface area contributed by atoms with Gasteiger partial charge in [0.05, 0.1) is 11.0 Å². The lowest BCUT2D eigenvalue weighted by atomic mass is 9.84. The topological polar surface area (TPSA) is 69.6 Å². The van der Waals surface area contributed by atoms with E-state index in [-0.39, 0.29) is 19.1 Å². The number of likely N-dealkylation sites (tertiary alicyclic amines) is 1. The molecule has 1 aromatic carbocycles. The molecule has 0 radical (unpaired) electrons. The molecule has 2 N–H and O–H groups in total. The summed E-state index contributed by atoms with van der Waals surface area (Å²) in [5.74, 6) is -0.933. The lowest BCUT2D eigenvalue weighted by Gasteiger charge is -2.28. The fraction of sp³-hybridized carbons (Fsp3) is 0.556. The second-order valence-corrected chi connectivity index (χ2v) is 7.66. The number of halogens is 3. The zero-order chi connectivity index (χ0) is 19.8. The number of urea groups is 1. The van der Waals surface area contributed by atoms with E-state index < -0.39 is 28.5 Å². The van der Waals surface area contributed by atoms with E-state index in [0.29, 0.717) is 18.5 Å². The first-order valence-electron chi connectivity index (χ1n) is 8.29. The molecule has 144 valence electrons. The van der Waals surface area contributed by atoms with E-state index in [1.54, 1.807) is 6.92 Å². The minimum Gasteiger partial charge on any atom is -0.481 e. The number of nitrogens with one attached hydrogen (secondary N) is 1. The zero-order valence-corrected chi connectivity index (χ0v) is 15.0. The van der Waals surface area contributed by atoms with Crippen molar-refractivity contribution in [2.45, 2.75) is 38.8 Å². The van der Waals surface area contributed by atoms with Gasteiger partial charge in [0.2, 0.25) is 0 Å². The second kappa shape index (κ2) is 6.81. The number of aliphatic carboxylic acids is 1. The maximum absolute atomic E-state index is 12.7. The highest BCUT2D eigenvalue weighted by molar-refractivity contribution is 5.79. The molecular formula is C18H23F3N2O3. The van der Waals surface area contributed by atoms with Gasteiger partial charge in [-0.05, 0) is 31.0 Å². The first kappa shape index (κ1) is 20.1. The van der Waals surface area contributed by atoms with Crippen molar-refractivity contribution in [2.24, 2.45) is 5.41 Å². The number of alkyl halides is 3. The standard InChI is InChI=1S/C18H23F3N2O3/c1-16(2,12-4-6-13(7-5-12)18(19,20)21)10-22-15(26)23-9-8-17(3,11-23)14(24)25/h4-7H,8-11H2,1-3H3,(H,22,26)(H,24,25). The van der Waals surface area contributed by atoms with Gasteiger partial charge in [0.15, 0.2) is 0 Å². The van der Waals surface area contributed by atoms with E-state index in [4.69, 9.17) is 0 Å². The van der Waals surface area contributed by atoms with Crippen molar-refractivity contribution in [3.63, 3.8) is 0 Å². The van der Waals surface area contributed by atoms with Crippen molar-refractivity contribution >= 4 is 12.0 Å². The minimum absolute atomic E-state index is 0.134. The Balaban J connectivity index is 1.97. The van der Waals surface area contributed by atoms with Gasteiger partial charge < -0.3 is 15.3 Å². The van der Waals surface area contributed by atoms with Crippen LogP contribution in [0.2, 0.25) is 0 Å². The average Bonchev–Trinajstić information content (AvgIpc) is 2.96. The molecule has 1 heterocycles. The van der Waals surface area contributed by atoms with E-state index in [2.05, 4.69) is 5.32 Å². The number of benzene rings is 1. The molecule has 2 amide bonds. The number of carbonyl (C=O) groups is 2. The van der Waals surface area contributed by atoms with E-state index in [0.717, 1.165) is 12.1 Å². The smallest absolute Gasteiger partial charge is 0.416 e. The number of carboxylic acid groups (broad SMARTS) is 1. The number of hydrogen-bond acceptors (Lipinski definition) is 2. The molecular weight excluding hydrogens is 349 g/mol. The van der Waals surface area contributed by atoms with E-state index >= 15 is 0 Å². The SMILES string of the molecule is CC1(C(=O)O)CCN(C(=O)NCC(C)(C)c2ccc(C(F)(F)F)cc2)C1. The Hall–Kier alpha value is -2.25. The highest BCUT2D eigenvalue weighted by Gasteiger charge is 2.42. The van der Waals surface area contributed by atoms with Crippen molar-refractivity contribution in [1.29, 1.82) is 0 Å². The van der Waals surface area contributed by atoms with Crippen LogP contribution in [0.25, 0.3) is 0 Å². The summed E-state index contributed by atoms with van der Waals surface area (Å²) in [6, 6.07) is 4.50. The molecule has 1 aliphatic heterocycles. The maximum atomic E-state index is 12.7. The number of nitrogens with zero attached hydrogens (tertiary/aromatic N) is 1. The maximum Gasteiger partial charge on any atom is 0.416 e. The molecule has 26 heavy (non-hydrogen) atoms. The average molecular weight is 372 g/mol. The van der Waals surface area contributed by atoms with Gasteiger partial charge in [0.1, 0.15) is 0 Å². The van der Waals surface area contributed by atoms with Crippen molar-refractivity contribution < 1.29 is 27.9 Å². The van der Waals surface area contributed by atoms with Crippen molar-refractivity contribution in [3.8, 4) is 0 Å². The van der Waals surface area contributed by atoms with Crippen LogP contribution in [0.3, 0.4) is 0 Å². The van der Waals surface area contributed by atoms with Crippen LogP contribution < -0.4 is 5.32 Å². The number of amides is 2. The third-order valence-corrected chi connectivity index (χ3v) is 4.95. The molecule has 5 nitrogen and oxygen atoms in total. The monoisotopic (exact) mass is 372 g/mol. The molecule has 0 saturated carbocycles. The summed E-state index contributed by atoms with van der Waals surface area (Å²) in [4.78, 5) is 25.0. The van der Waals surface area contributed by atoms with Crippen molar-refractivity contribution in [3.05, 3.63) is 35.4 Å². The lowest BCUT2D eigenvalue weighted by molar-refractivity contribution is -0.147. The van der Waals surface area contributed by atoms with Gasteiger partial charge in [-0.3, -0.25) is 4.79 Å². The molecule has 1 aliphatic rings. The van der Waals surface area contributed by atoms with Crippen LogP contribution in [-0.2, 0) is 16.4 Å². The highest BCUT2D eigenvalue weighted by Crippen LogP contribution is 2.32. The molecule has 1 fully saturated rings. The summed E-state index contributed by atoms with van der Waals surface area (Å²) in [5.41, 5.74) is -1.57. The summed E-state index contributed by atoms with van der Waals surface area (Å²) in [6.07, 6.45) is -4.00. The van der Waals surface area contributed by atoms with Gasteiger partial charge >= 0.3 is 18.2 Å². The van der Waals surface area contributed by atoms with Crippen LogP contribution in [0.4, 0.5) is 18.0 Å². The summed E-state index contributed by atoms with van der Waals surface area (Å²) in [7, 11) is 0. The molecule has 8 heteroatoms. The Bertz CT molecular complexity index is 686. The van der Waals surface area contributed by atoms with E-state index in [1.165, 1.54) is 17.0 Å². The third-order valence-electron chi connectivity index (χ3n) is 4.95. The predicted octanol–water partition coefficient (Wildman–Crippen LogP) is 3.49. The van der Waals surface area contributed by atoms with Crippen LogP contribution in [0.15, 0.2) is 24.3 Å². The van der Waals surface area contributed by atoms with Crippen molar-refractivity contribution in [2.75, 3.05) is 19.6 Å². The summed E-state index contributed by atoms with van der Waals surface area (Å²) < 4.78 is 38.0. The second-order valence-electron chi connectivity index (χ2n) is 7.66. The van der Waals surface area contributed by atoms with Gasteiger partial charge in [0.25, 0.3) is 0 Å². The molecule has 1 atom stereocenters. The zero-order valence-electron chi connectivity index (χ0n) is 15.0. The van der Waals surface area contributed by atoms with Gasteiger partial charge in [-0.15, -0.1) is 0 Å². The number of carbonyl (C=O) groups excluding carboxylic acids is 1. The number of carboxylic acids is 1. The molecule has 0 spiro atoms. The van der Waals surface area contributed by atoms with Crippen LogP contribution in [0, 0.1) is 5.41 Å². The molecule has 0 aliphatic carbocycles. The Labute approximate surface area is 150 Å². The largest absolute Gasteiger partial charge is 0.481 e. The minimum atomic E-state index is -4.39. The normalized spacial score (nSPS) is 20.9. The molecule has 2 rings (SSSR count). The first-order valence-corrected chi connectivity index (χ1v) is 8.29. The Morgan fingerprint density at radius 1 is 1.19 bits per heavy atom. The fourth-order valence-electron chi connectivity index (χ4n) is 2.93. The molecule has 1 aromatic rings. The fourth-order valence-corrected chi connectivity index (χ4v) is 2.93. The predicted molar refractivity (Wildman–Crippen MR) is 89.8 cm³/mol. The quantitative estimate of drug-likeness (QED) is 0.850. The van der Waals surface area contributed by atoms with Crippen LogP contribution >= 0.6 is 0 Å². The summed E-state index contributed by atoms with van der Waals surface area (Å²) in [6.45, 7) is 5.96. The van der Waals surface area contributed by atoms with Crippen LogP contribution in [0.1, 0.15) is 38.3 Å². The van der Waals surface area contributed by atoms with Gasteiger partial charge in [-0.1, -0.05) is 26.0 Å². The summed E-state index contributed by atoms with van der Waals surface area (Å²) in [5, 5.41) is 12.0. The molecule has 0 bridgehead atoms. The summed E-state index contributed by atoms with van der Waals surface area (Å²) >= 11 is 0. The number of rotatable bonds is 4.